The van der Waals surface area contributed by atoms with Gasteiger partial charge in [0.2, 0.25) is 0 Å². The molecule has 0 saturated heterocycles. The molecule has 3 heteroatoms. The fourth-order valence-corrected chi connectivity index (χ4v) is 2.04. The normalized spacial score (nSPS) is 10.5. The Hall–Kier alpha value is -2.68. The second-order valence-corrected chi connectivity index (χ2v) is 4.18. The van der Waals surface area contributed by atoms with Crippen LogP contribution in [0.5, 0.6) is 0 Å². The smallest absolute Gasteiger partial charge is 0.193 e. The molecule has 0 aliphatic heterocycles. The highest BCUT2D eigenvalue weighted by atomic mass is 16.3. The highest BCUT2D eigenvalue weighted by Gasteiger charge is 2.09. The van der Waals surface area contributed by atoms with Crippen molar-refractivity contribution in [1.82, 2.24) is 0 Å². The highest BCUT2D eigenvalue weighted by molar-refractivity contribution is 5.94. The SMILES string of the molecule is O=Cc1cccc2c(=O)cc(-c3ccccc3)oc12. The molecule has 92 valence electrons. The van der Waals surface area contributed by atoms with Crippen molar-refractivity contribution in [3.8, 4) is 11.3 Å². The fraction of sp³-hybridized carbons (Fsp3) is 0. The van der Waals surface area contributed by atoms with Crippen LogP contribution in [-0.4, -0.2) is 6.29 Å². The lowest BCUT2D eigenvalue weighted by Gasteiger charge is -2.04. The van der Waals surface area contributed by atoms with E-state index in [1.54, 1.807) is 18.2 Å². The topological polar surface area (TPSA) is 47.3 Å². The van der Waals surface area contributed by atoms with E-state index in [0.29, 0.717) is 28.6 Å². The molecule has 0 amide bonds. The van der Waals surface area contributed by atoms with Gasteiger partial charge in [0.1, 0.15) is 11.3 Å². The van der Waals surface area contributed by atoms with Crippen LogP contribution in [0.3, 0.4) is 0 Å². The summed E-state index contributed by atoms with van der Waals surface area (Å²) in [4.78, 5) is 23.1. The zero-order valence-electron chi connectivity index (χ0n) is 10.00. The van der Waals surface area contributed by atoms with E-state index in [2.05, 4.69) is 0 Å². The van der Waals surface area contributed by atoms with Crippen LogP contribution in [0.4, 0.5) is 0 Å². The molecule has 0 aliphatic carbocycles. The quantitative estimate of drug-likeness (QED) is 0.656. The van der Waals surface area contributed by atoms with Crippen molar-refractivity contribution in [3.63, 3.8) is 0 Å². The lowest BCUT2D eigenvalue weighted by Crippen LogP contribution is -2.01. The van der Waals surface area contributed by atoms with Crippen molar-refractivity contribution in [3.05, 3.63) is 70.4 Å². The monoisotopic (exact) mass is 250 g/mol. The first kappa shape index (κ1) is 11.4. The minimum atomic E-state index is -0.149. The average molecular weight is 250 g/mol. The van der Waals surface area contributed by atoms with Crippen LogP contribution in [0.15, 0.2) is 63.8 Å². The average Bonchev–Trinajstić information content (AvgIpc) is 2.47. The van der Waals surface area contributed by atoms with Gasteiger partial charge >= 0.3 is 0 Å². The van der Waals surface area contributed by atoms with Gasteiger partial charge in [-0.25, -0.2) is 0 Å². The summed E-state index contributed by atoms with van der Waals surface area (Å²) in [7, 11) is 0. The number of benzene rings is 2. The van der Waals surface area contributed by atoms with Gasteiger partial charge in [-0.3, -0.25) is 9.59 Å². The largest absolute Gasteiger partial charge is 0.455 e. The van der Waals surface area contributed by atoms with Crippen LogP contribution in [0.1, 0.15) is 10.4 Å². The maximum absolute atomic E-state index is 12.1. The van der Waals surface area contributed by atoms with Crippen molar-refractivity contribution in [2.24, 2.45) is 0 Å². The van der Waals surface area contributed by atoms with E-state index >= 15 is 0 Å². The molecule has 0 fully saturated rings. The predicted octanol–water partition coefficient (Wildman–Crippen LogP) is 3.27. The standard InChI is InChI=1S/C16H10O3/c17-10-12-7-4-8-13-14(18)9-15(19-16(12)13)11-5-2-1-3-6-11/h1-10H. The van der Waals surface area contributed by atoms with Crippen molar-refractivity contribution >= 4 is 17.3 Å². The molecule has 0 N–H and O–H groups in total. The molecule has 1 aromatic heterocycles. The minimum absolute atomic E-state index is 0.149. The van der Waals surface area contributed by atoms with Crippen molar-refractivity contribution in [2.45, 2.75) is 0 Å². The van der Waals surface area contributed by atoms with Crippen LogP contribution in [-0.2, 0) is 0 Å². The van der Waals surface area contributed by atoms with Crippen LogP contribution in [0.25, 0.3) is 22.3 Å². The first-order valence-corrected chi connectivity index (χ1v) is 5.87. The summed E-state index contributed by atoms with van der Waals surface area (Å²) < 4.78 is 5.72. The van der Waals surface area contributed by atoms with Gasteiger partial charge in [-0.1, -0.05) is 36.4 Å². The molecule has 0 bridgehead atoms. The zero-order valence-corrected chi connectivity index (χ0v) is 10.00. The van der Waals surface area contributed by atoms with Crippen LogP contribution < -0.4 is 5.43 Å². The molecule has 0 radical (unpaired) electrons. The fourth-order valence-electron chi connectivity index (χ4n) is 2.04. The Kier molecular flexibility index (Phi) is 2.72. The van der Waals surface area contributed by atoms with Crippen LogP contribution >= 0.6 is 0 Å². The van der Waals surface area contributed by atoms with Crippen LogP contribution in [0, 0.1) is 0 Å². The highest BCUT2D eigenvalue weighted by Crippen LogP contribution is 2.23. The van der Waals surface area contributed by atoms with Gasteiger partial charge in [-0.15, -0.1) is 0 Å². The van der Waals surface area contributed by atoms with E-state index < -0.39 is 0 Å². The Labute approximate surface area is 109 Å². The van der Waals surface area contributed by atoms with Gasteiger partial charge in [-0.05, 0) is 12.1 Å². The second kappa shape index (κ2) is 4.53. The van der Waals surface area contributed by atoms with Crippen molar-refractivity contribution in [1.29, 1.82) is 0 Å². The Morgan fingerprint density at radius 3 is 2.47 bits per heavy atom. The number of carbonyl (C=O) groups is 1. The van der Waals surface area contributed by atoms with E-state index in [1.807, 2.05) is 30.3 Å². The van der Waals surface area contributed by atoms with Gasteiger partial charge < -0.3 is 4.42 Å². The summed E-state index contributed by atoms with van der Waals surface area (Å²) in [6.07, 6.45) is 0.694. The predicted molar refractivity (Wildman–Crippen MR) is 73.3 cm³/mol. The number of para-hydroxylation sites is 1. The molecule has 19 heavy (non-hydrogen) atoms. The molecule has 1 heterocycles. The number of hydrogen-bond donors (Lipinski definition) is 0. The summed E-state index contributed by atoms with van der Waals surface area (Å²) >= 11 is 0. The van der Waals surface area contributed by atoms with Gasteiger partial charge in [-0.2, -0.15) is 0 Å². The maximum atomic E-state index is 12.1. The molecule has 2 aromatic carbocycles. The lowest BCUT2D eigenvalue weighted by atomic mass is 10.1. The molecule has 3 nitrogen and oxygen atoms in total. The van der Waals surface area contributed by atoms with Gasteiger partial charge in [0, 0.05) is 11.6 Å². The van der Waals surface area contributed by atoms with Crippen molar-refractivity contribution in [2.75, 3.05) is 0 Å². The van der Waals surface area contributed by atoms with E-state index in [4.69, 9.17) is 4.42 Å². The first-order valence-electron chi connectivity index (χ1n) is 5.87. The Bertz CT molecular complexity index is 801. The second-order valence-electron chi connectivity index (χ2n) is 4.18. The number of hydrogen-bond acceptors (Lipinski definition) is 3. The zero-order chi connectivity index (χ0) is 13.2. The number of rotatable bonds is 2. The van der Waals surface area contributed by atoms with Crippen LogP contribution in [0.2, 0.25) is 0 Å². The van der Waals surface area contributed by atoms with Gasteiger partial charge in [0.05, 0.1) is 10.9 Å². The minimum Gasteiger partial charge on any atom is -0.455 e. The molecular formula is C16H10O3. The Balaban J connectivity index is 2.36. The summed E-state index contributed by atoms with van der Waals surface area (Å²) in [5.41, 5.74) is 1.38. The number of fused-ring (bicyclic) bond motifs is 1. The van der Waals surface area contributed by atoms with E-state index in [1.165, 1.54) is 6.07 Å². The number of aldehydes is 1. The van der Waals surface area contributed by atoms with Gasteiger partial charge in [0.25, 0.3) is 0 Å². The molecule has 0 aliphatic rings. The van der Waals surface area contributed by atoms with Crippen molar-refractivity contribution < 1.29 is 9.21 Å². The third-order valence-electron chi connectivity index (χ3n) is 2.97. The molecular weight excluding hydrogens is 240 g/mol. The molecule has 0 unspecified atom stereocenters. The Morgan fingerprint density at radius 1 is 0.947 bits per heavy atom. The third kappa shape index (κ3) is 1.95. The van der Waals surface area contributed by atoms with E-state index in [-0.39, 0.29) is 5.43 Å². The summed E-state index contributed by atoms with van der Waals surface area (Å²) in [5.74, 6) is 0.465. The van der Waals surface area contributed by atoms with E-state index in [9.17, 15) is 9.59 Å². The molecule has 0 saturated carbocycles. The molecule has 0 atom stereocenters. The molecule has 0 spiro atoms. The van der Waals surface area contributed by atoms with Gasteiger partial charge in [0.15, 0.2) is 11.7 Å². The Morgan fingerprint density at radius 2 is 1.74 bits per heavy atom. The third-order valence-corrected chi connectivity index (χ3v) is 2.97. The molecule has 3 aromatic rings. The summed E-state index contributed by atoms with van der Waals surface area (Å²) in [6, 6.07) is 15.7. The number of carbonyl (C=O) groups excluding carboxylic acids is 1. The lowest BCUT2D eigenvalue weighted by molar-refractivity contribution is 0.112. The summed E-state index contributed by atoms with van der Waals surface area (Å²) in [5, 5.41) is 0.421. The van der Waals surface area contributed by atoms with E-state index in [0.717, 1.165) is 5.56 Å². The maximum Gasteiger partial charge on any atom is 0.193 e. The summed E-state index contributed by atoms with van der Waals surface area (Å²) in [6.45, 7) is 0. The first-order chi connectivity index (χ1) is 9.29. The molecule has 3 rings (SSSR count).